The summed E-state index contributed by atoms with van der Waals surface area (Å²) in [4.78, 5) is 32.6. The van der Waals surface area contributed by atoms with Crippen molar-refractivity contribution in [3.05, 3.63) is 151 Å². The highest BCUT2D eigenvalue weighted by atomic mass is 16.5. The van der Waals surface area contributed by atoms with E-state index in [1.807, 2.05) is 30.3 Å². The molecule has 0 spiro atoms. The topological polar surface area (TPSA) is 225 Å². The lowest BCUT2D eigenvalue weighted by atomic mass is 9.92. The van der Waals surface area contributed by atoms with E-state index in [0.717, 1.165) is 23.4 Å². The molecule has 7 aromatic rings. The molecule has 62 heavy (non-hydrogen) atoms. The molecule has 3 aromatic carbocycles. The van der Waals surface area contributed by atoms with E-state index in [9.17, 15) is 14.7 Å². The maximum atomic E-state index is 12.6. The van der Waals surface area contributed by atoms with Gasteiger partial charge in [-0.15, -0.1) is 0 Å². The summed E-state index contributed by atoms with van der Waals surface area (Å²) in [5, 5.41) is 43.8. The number of nitrogens with one attached hydrogen (secondary N) is 6. The Labute approximate surface area is 358 Å². The summed E-state index contributed by atoms with van der Waals surface area (Å²) in [6.07, 6.45) is 8.28. The second kappa shape index (κ2) is 21.6. The summed E-state index contributed by atoms with van der Waals surface area (Å²) in [5.41, 5.74) is 4.07. The van der Waals surface area contributed by atoms with Gasteiger partial charge in [-0.25, -0.2) is 14.3 Å². The fourth-order valence-electron chi connectivity index (χ4n) is 5.60. The predicted octanol–water partition coefficient (Wildman–Crippen LogP) is 7.73. The van der Waals surface area contributed by atoms with Gasteiger partial charge in [0.25, 0.3) is 0 Å². The molecule has 4 amide bonds. The van der Waals surface area contributed by atoms with Gasteiger partial charge >= 0.3 is 12.1 Å². The van der Waals surface area contributed by atoms with Crippen LogP contribution in [0.15, 0.2) is 140 Å². The number of urea groups is 2. The van der Waals surface area contributed by atoms with E-state index in [4.69, 9.17) is 14.6 Å². The number of benzene rings is 3. The first-order valence-corrected chi connectivity index (χ1v) is 19.7. The number of amides is 4. The van der Waals surface area contributed by atoms with Crippen molar-refractivity contribution < 1.29 is 29.3 Å². The van der Waals surface area contributed by atoms with Crippen molar-refractivity contribution >= 4 is 35.1 Å². The van der Waals surface area contributed by atoms with Gasteiger partial charge in [-0.1, -0.05) is 32.9 Å². The smallest absolute Gasteiger partial charge is 0.324 e. The zero-order chi connectivity index (χ0) is 43.7. The molecule has 17 heteroatoms. The van der Waals surface area contributed by atoms with E-state index in [2.05, 4.69) is 72.6 Å². The Morgan fingerprint density at radius 1 is 0.694 bits per heavy atom. The van der Waals surface area contributed by atoms with E-state index in [1.54, 1.807) is 115 Å². The number of carbonyl (C=O) groups excluding carboxylic acids is 2. The van der Waals surface area contributed by atoms with Crippen LogP contribution in [0.4, 0.5) is 32.6 Å². The lowest BCUT2D eigenvalue weighted by molar-refractivity contribution is 0.0947. The third-order valence-electron chi connectivity index (χ3n) is 8.87. The molecule has 8 N–H and O–H groups in total. The molecule has 4 heterocycles. The second-order valence-corrected chi connectivity index (χ2v) is 14.8. The number of ether oxygens (including phenoxy) is 2. The van der Waals surface area contributed by atoms with Crippen LogP contribution in [0.2, 0.25) is 0 Å². The first kappa shape index (κ1) is 44.0. The van der Waals surface area contributed by atoms with Crippen molar-refractivity contribution in [2.24, 2.45) is 0 Å². The molecule has 0 radical (unpaired) electrons. The van der Waals surface area contributed by atoms with Gasteiger partial charge in [-0.3, -0.25) is 25.7 Å². The summed E-state index contributed by atoms with van der Waals surface area (Å²) in [7, 11) is 0. The average molecular weight is 840 g/mol. The van der Waals surface area contributed by atoms with Gasteiger partial charge in [0, 0.05) is 65.9 Å². The number of hydrogen-bond donors (Lipinski definition) is 8. The van der Waals surface area contributed by atoms with E-state index in [1.165, 1.54) is 0 Å². The molecule has 0 aliphatic carbocycles. The van der Waals surface area contributed by atoms with Crippen LogP contribution in [0.3, 0.4) is 0 Å². The number of pyridine rings is 2. The van der Waals surface area contributed by atoms with Gasteiger partial charge in [-0.2, -0.15) is 10.2 Å². The van der Waals surface area contributed by atoms with Crippen LogP contribution in [0.5, 0.6) is 23.0 Å². The molecule has 0 saturated heterocycles. The number of carbonyl (C=O) groups is 2. The van der Waals surface area contributed by atoms with Gasteiger partial charge in [0.05, 0.1) is 24.6 Å². The van der Waals surface area contributed by atoms with E-state index in [0.29, 0.717) is 59.1 Å². The van der Waals surface area contributed by atoms with Crippen LogP contribution in [0, 0.1) is 0 Å². The van der Waals surface area contributed by atoms with Gasteiger partial charge in [0.2, 0.25) is 0 Å². The monoisotopic (exact) mass is 839 g/mol. The number of H-pyrrole nitrogens is 1. The summed E-state index contributed by atoms with van der Waals surface area (Å²) in [6.45, 7) is 6.98. The fraction of sp³-hybridized carbons (Fsp3) is 0.200. The lowest BCUT2D eigenvalue weighted by Gasteiger charge is -2.14. The molecule has 1 atom stereocenters. The molecule has 0 bridgehead atoms. The molecule has 320 valence electrons. The molecular weight excluding hydrogens is 791 g/mol. The van der Waals surface area contributed by atoms with Crippen LogP contribution >= 0.6 is 0 Å². The standard InChI is InChI=1S/C26H28N6O4.C19H21N5O2/c33-18-22(34)17-28-13-9-19-1-5-21(6-2-19)32-25(12-16-29-32)31-26(35)30-20-3-7-23(8-4-20)36-24-10-14-27-15-11-24;1-19(2,3)16-12-17(24-23-16)22-18(25)21-13-4-6-14(7-5-13)26-15-8-10-20-11-9-15/h1-8,10-12,14-16,22,28,33-34H,9,13,17-18H2,(H2,30,31,35);4-12H,1-3H3,(H3,21,22,23,24,25). The highest BCUT2D eigenvalue weighted by Gasteiger charge is 2.17. The SMILES string of the molecule is CC(C)(C)c1cc(NC(=O)Nc2ccc(Oc3ccncc3)cc2)n[nH]1.O=C(Nc1ccc(Oc2ccncc2)cc1)Nc1ccnn1-c1ccc(CCNCC(O)CO)cc1. The first-order valence-electron chi connectivity index (χ1n) is 19.7. The Hall–Kier alpha value is -7.60. The molecule has 0 aliphatic rings. The molecule has 0 fully saturated rings. The Balaban J connectivity index is 0.000000218. The second-order valence-electron chi connectivity index (χ2n) is 14.8. The molecule has 7 rings (SSSR count). The number of aliphatic hydroxyl groups is 2. The normalized spacial score (nSPS) is 11.4. The van der Waals surface area contributed by atoms with Crippen molar-refractivity contribution in [3.63, 3.8) is 0 Å². The first-order chi connectivity index (χ1) is 30.0. The summed E-state index contributed by atoms with van der Waals surface area (Å²) < 4.78 is 13.1. The van der Waals surface area contributed by atoms with Crippen molar-refractivity contribution in [1.82, 2.24) is 35.3 Å². The zero-order valence-electron chi connectivity index (χ0n) is 34.4. The van der Waals surface area contributed by atoms with Crippen molar-refractivity contribution in [3.8, 4) is 28.7 Å². The molecule has 4 aromatic heterocycles. The largest absolute Gasteiger partial charge is 0.457 e. The van der Waals surface area contributed by atoms with E-state index >= 15 is 0 Å². The quantitative estimate of drug-likeness (QED) is 0.0466. The maximum Gasteiger partial charge on any atom is 0.324 e. The van der Waals surface area contributed by atoms with Gasteiger partial charge in [0.1, 0.15) is 28.8 Å². The maximum absolute atomic E-state index is 12.6. The molecule has 17 nitrogen and oxygen atoms in total. The van der Waals surface area contributed by atoms with Gasteiger partial charge < -0.3 is 35.6 Å². The predicted molar refractivity (Wildman–Crippen MR) is 237 cm³/mol. The number of aromatic nitrogens is 6. The fourth-order valence-corrected chi connectivity index (χ4v) is 5.60. The molecule has 0 saturated carbocycles. The van der Waals surface area contributed by atoms with Crippen LogP contribution in [0.1, 0.15) is 32.0 Å². The molecule has 0 aliphatic heterocycles. The summed E-state index contributed by atoms with van der Waals surface area (Å²) in [6, 6.07) is 31.8. The molecular formula is C45H49N11O6. The Kier molecular flexibility index (Phi) is 15.3. The van der Waals surface area contributed by atoms with Crippen molar-refractivity contribution in [2.75, 3.05) is 41.0 Å². The Morgan fingerprint density at radius 3 is 1.74 bits per heavy atom. The Morgan fingerprint density at radius 2 is 1.23 bits per heavy atom. The minimum Gasteiger partial charge on any atom is -0.457 e. The summed E-state index contributed by atoms with van der Waals surface area (Å²) in [5.74, 6) is 3.70. The van der Waals surface area contributed by atoms with Gasteiger partial charge in [-0.05, 0) is 103 Å². The highest BCUT2D eigenvalue weighted by Crippen LogP contribution is 2.25. The third kappa shape index (κ3) is 13.7. The van der Waals surface area contributed by atoms with Crippen molar-refractivity contribution in [2.45, 2.75) is 38.7 Å². The van der Waals surface area contributed by atoms with E-state index in [-0.39, 0.29) is 18.1 Å². The minimum absolute atomic E-state index is 0.0615. The number of hydrogen-bond acceptors (Lipinski definition) is 11. The van der Waals surface area contributed by atoms with Crippen LogP contribution in [0.25, 0.3) is 5.69 Å². The zero-order valence-corrected chi connectivity index (χ0v) is 34.4. The number of nitrogens with zero attached hydrogens (tertiary/aromatic N) is 5. The summed E-state index contributed by atoms with van der Waals surface area (Å²) >= 11 is 0. The lowest BCUT2D eigenvalue weighted by Crippen LogP contribution is -2.30. The Bertz CT molecular complexity index is 2440. The molecule has 1 unspecified atom stereocenters. The van der Waals surface area contributed by atoms with Crippen LogP contribution in [-0.2, 0) is 11.8 Å². The number of anilines is 4. The van der Waals surface area contributed by atoms with Crippen LogP contribution in [-0.4, -0.2) is 78.0 Å². The number of aromatic amines is 1. The minimum atomic E-state index is -0.749. The van der Waals surface area contributed by atoms with E-state index < -0.39 is 12.1 Å². The van der Waals surface area contributed by atoms with Gasteiger partial charge in [0.15, 0.2) is 5.82 Å². The van der Waals surface area contributed by atoms with Crippen LogP contribution < -0.4 is 36.1 Å². The highest BCUT2D eigenvalue weighted by molar-refractivity contribution is 6.00. The average Bonchev–Trinajstić information content (AvgIpc) is 3.95. The number of aliphatic hydroxyl groups excluding tert-OH is 2. The number of rotatable bonds is 15. The van der Waals surface area contributed by atoms with Crippen molar-refractivity contribution in [1.29, 1.82) is 0 Å². The third-order valence-corrected chi connectivity index (χ3v) is 8.87.